The standard InChI is InChI=1S/C20H23N3O3/c1-13(2)26-19-10-8-16(9-11-19)20(25)23-22-14(3)17-6-5-7-18(12-17)21-15(4)24/h5-13H,1-4H3,(H,21,24)(H,23,25)/b22-14-. The smallest absolute Gasteiger partial charge is 0.271 e. The van der Waals surface area contributed by atoms with Crippen LogP contribution in [0.3, 0.4) is 0 Å². The van der Waals surface area contributed by atoms with Crippen LogP contribution in [0.5, 0.6) is 5.75 Å². The normalized spacial score (nSPS) is 11.2. The predicted octanol–water partition coefficient (Wildman–Crippen LogP) is 3.59. The summed E-state index contributed by atoms with van der Waals surface area (Å²) in [5.41, 5.74) is 5.14. The molecule has 6 nitrogen and oxygen atoms in total. The molecule has 0 aliphatic carbocycles. The number of carbonyl (C=O) groups is 2. The highest BCUT2D eigenvalue weighted by molar-refractivity contribution is 6.02. The van der Waals surface area contributed by atoms with E-state index in [0.717, 1.165) is 5.56 Å². The molecule has 6 heteroatoms. The van der Waals surface area contributed by atoms with Gasteiger partial charge < -0.3 is 10.1 Å². The van der Waals surface area contributed by atoms with Crippen LogP contribution in [-0.2, 0) is 4.79 Å². The molecule has 2 aromatic carbocycles. The van der Waals surface area contributed by atoms with Crippen molar-refractivity contribution >= 4 is 23.2 Å². The SMILES string of the molecule is CC(=O)Nc1cccc(/C(C)=N\NC(=O)c2ccc(OC(C)C)cc2)c1. The number of amides is 2. The Hall–Kier alpha value is -3.15. The van der Waals surface area contributed by atoms with Gasteiger partial charge >= 0.3 is 0 Å². The van der Waals surface area contributed by atoms with Crippen molar-refractivity contribution in [2.24, 2.45) is 5.10 Å². The van der Waals surface area contributed by atoms with Crippen LogP contribution in [0.1, 0.15) is 43.6 Å². The van der Waals surface area contributed by atoms with Crippen LogP contribution < -0.4 is 15.5 Å². The fraction of sp³-hybridized carbons (Fsp3) is 0.250. The Morgan fingerprint density at radius 2 is 1.69 bits per heavy atom. The maximum Gasteiger partial charge on any atom is 0.271 e. The number of hydrogen-bond acceptors (Lipinski definition) is 4. The molecule has 2 amide bonds. The average molecular weight is 353 g/mol. The molecule has 0 saturated carbocycles. The lowest BCUT2D eigenvalue weighted by atomic mass is 10.1. The molecule has 0 aliphatic rings. The predicted molar refractivity (Wildman–Crippen MR) is 103 cm³/mol. The lowest BCUT2D eigenvalue weighted by molar-refractivity contribution is -0.114. The summed E-state index contributed by atoms with van der Waals surface area (Å²) in [5, 5.41) is 6.85. The molecule has 2 N–H and O–H groups in total. The third-order valence-corrected chi connectivity index (χ3v) is 3.41. The molecule has 2 aromatic rings. The largest absolute Gasteiger partial charge is 0.491 e. The van der Waals surface area contributed by atoms with E-state index >= 15 is 0 Å². The van der Waals surface area contributed by atoms with E-state index in [2.05, 4.69) is 15.8 Å². The maximum atomic E-state index is 12.2. The third kappa shape index (κ3) is 5.73. The summed E-state index contributed by atoms with van der Waals surface area (Å²) in [6, 6.07) is 14.1. The molecule has 0 saturated heterocycles. The summed E-state index contributed by atoms with van der Waals surface area (Å²) in [7, 11) is 0. The quantitative estimate of drug-likeness (QED) is 0.615. The minimum atomic E-state index is -0.307. The topological polar surface area (TPSA) is 79.8 Å². The lowest BCUT2D eigenvalue weighted by Gasteiger charge is -2.10. The third-order valence-electron chi connectivity index (χ3n) is 3.41. The molecular formula is C20H23N3O3. The highest BCUT2D eigenvalue weighted by atomic mass is 16.5. The summed E-state index contributed by atoms with van der Waals surface area (Å²) < 4.78 is 5.55. The van der Waals surface area contributed by atoms with Gasteiger partial charge in [0.05, 0.1) is 11.8 Å². The Balaban J connectivity index is 2.03. The van der Waals surface area contributed by atoms with Crippen LogP contribution in [0, 0.1) is 0 Å². The summed E-state index contributed by atoms with van der Waals surface area (Å²) in [6.45, 7) is 7.12. The number of hydrazone groups is 1. The van der Waals surface area contributed by atoms with Crippen molar-refractivity contribution in [1.29, 1.82) is 0 Å². The second-order valence-electron chi connectivity index (χ2n) is 6.09. The van der Waals surface area contributed by atoms with Gasteiger partial charge in [-0.25, -0.2) is 5.43 Å². The van der Waals surface area contributed by atoms with Crippen LogP contribution in [-0.4, -0.2) is 23.6 Å². The first-order valence-electron chi connectivity index (χ1n) is 8.34. The van der Waals surface area contributed by atoms with Gasteiger partial charge in [-0.3, -0.25) is 9.59 Å². The molecule has 0 aromatic heterocycles. The first-order chi connectivity index (χ1) is 12.3. The summed E-state index contributed by atoms with van der Waals surface area (Å²) in [5.74, 6) is 0.263. The Morgan fingerprint density at radius 3 is 2.31 bits per heavy atom. The first-order valence-corrected chi connectivity index (χ1v) is 8.34. The van der Waals surface area contributed by atoms with Crippen molar-refractivity contribution in [1.82, 2.24) is 5.43 Å². The number of hydrogen-bond donors (Lipinski definition) is 2. The maximum absolute atomic E-state index is 12.2. The Labute approximate surface area is 153 Å². The molecule has 0 bridgehead atoms. The second-order valence-corrected chi connectivity index (χ2v) is 6.09. The molecule has 0 unspecified atom stereocenters. The van der Waals surface area contributed by atoms with E-state index in [-0.39, 0.29) is 17.9 Å². The summed E-state index contributed by atoms with van der Waals surface area (Å²) in [6.07, 6.45) is 0.0789. The number of nitrogens with zero attached hydrogens (tertiary/aromatic N) is 1. The molecule has 0 radical (unpaired) electrons. The van der Waals surface area contributed by atoms with Gasteiger partial charge in [0.1, 0.15) is 5.75 Å². The van der Waals surface area contributed by atoms with Gasteiger partial charge in [0, 0.05) is 18.2 Å². The van der Waals surface area contributed by atoms with E-state index in [4.69, 9.17) is 4.74 Å². The molecule has 136 valence electrons. The number of benzene rings is 2. The van der Waals surface area contributed by atoms with Crippen molar-refractivity contribution in [2.75, 3.05) is 5.32 Å². The average Bonchev–Trinajstić information content (AvgIpc) is 2.59. The molecule has 0 spiro atoms. The van der Waals surface area contributed by atoms with E-state index < -0.39 is 0 Å². The fourth-order valence-electron chi connectivity index (χ4n) is 2.25. The van der Waals surface area contributed by atoms with Crippen LogP contribution in [0.2, 0.25) is 0 Å². The molecule has 0 aliphatic heterocycles. The van der Waals surface area contributed by atoms with Crippen molar-refractivity contribution in [3.05, 3.63) is 59.7 Å². The zero-order valence-electron chi connectivity index (χ0n) is 15.4. The number of nitrogens with one attached hydrogen (secondary N) is 2. The molecule has 2 rings (SSSR count). The minimum absolute atomic E-state index is 0.0789. The van der Waals surface area contributed by atoms with E-state index in [9.17, 15) is 9.59 Å². The zero-order chi connectivity index (χ0) is 19.1. The Bertz CT molecular complexity index is 811. The first kappa shape index (κ1) is 19.2. The van der Waals surface area contributed by atoms with Gasteiger partial charge in [0.15, 0.2) is 0 Å². The number of ether oxygens (including phenoxy) is 1. The van der Waals surface area contributed by atoms with Gasteiger partial charge in [-0.15, -0.1) is 0 Å². The van der Waals surface area contributed by atoms with Crippen molar-refractivity contribution in [3.63, 3.8) is 0 Å². The fourth-order valence-corrected chi connectivity index (χ4v) is 2.25. The van der Waals surface area contributed by atoms with Gasteiger partial charge in [0.25, 0.3) is 5.91 Å². The molecule has 26 heavy (non-hydrogen) atoms. The highest BCUT2D eigenvalue weighted by Crippen LogP contribution is 2.14. The number of anilines is 1. The van der Waals surface area contributed by atoms with E-state index in [0.29, 0.717) is 22.7 Å². The number of carbonyl (C=O) groups excluding carboxylic acids is 2. The van der Waals surface area contributed by atoms with Gasteiger partial charge in [-0.1, -0.05) is 12.1 Å². The van der Waals surface area contributed by atoms with E-state index in [1.165, 1.54) is 6.92 Å². The van der Waals surface area contributed by atoms with Crippen molar-refractivity contribution in [3.8, 4) is 5.75 Å². The number of rotatable bonds is 6. The summed E-state index contributed by atoms with van der Waals surface area (Å²) >= 11 is 0. The Morgan fingerprint density at radius 1 is 1.00 bits per heavy atom. The van der Waals surface area contributed by atoms with Crippen LogP contribution >= 0.6 is 0 Å². The molecule has 0 fully saturated rings. The molecular weight excluding hydrogens is 330 g/mol. The van der Waals surface area contributed by atoms with E-state index in [1.807, 2.05) is 26.0 Å². The van der Waals surface area contributed by atoms with E-state index in [1.54, 1.807) is 43.3 Å². The van der Waals surface area contributed by atoms with Crippen LogP contribution in [0.15, 0.2) is 53.6 Å². The van der Waals surface area contributed by atoms with Gasteiger partial charge in [-0.05, 0) is 62.7 Å². The van der Waals surface area contributed by atoms with Gasteiger partial charge in [0.2, 0.25) is 5.91 Å². The zero-order valence-corrected chi connectivity index (χ0v) is 15.4. The monoisotopic (exact) mass is 353 g/mol. The lowest BCUT2D eigenvalue weighted by Crippen LogP contribution is -2.19. The van der Waals surface area contributed by atoms with Crippen molar-refractivity contribution < 1.29 is 14.3 Å². The minimum Gasteiger partial charge on any atom is -0.491 e. The Kier molecular flexibility index (Phi) is 6.49. The summed E-state index contributed by atoms with van der Waals surface area (Å²) in [4.78, 5) is 23.4. The van der Waals surface area contributed by atoms with Gasteiger partial charge in [-0.2, -0.15) is 5.10 Å². The van der Waals surface area contributed by atoms with Crippen LogP contribution in [0.25, 0.3) is 0 Å². The molecule has 0 heterocycles. The molecule has 0 atom stereocenters. The van der Waals surface area contributed by atoms with Crippen molar-refractivity contribution in [2.45, 2.75) is 33.8 Å². The second kappa shape index (κ2) is 8.80. The highest BCUT2D eigenvalue weighted by Gasteiger charge is 2.07. The van der Waals surface area contributed by atoms with Crippen LogP contribution in [0.4, 0.5) is 5.69 Å².